The number of nitrogens with zero attached hydrogens (tertiary/aromatic N) is 1. The van der Waals surface area contributed by atoms with Crippen LogP contribution in [-0.2, 0) is 11.3 Å². The lowest BCUT2D eigenvalue weighted by Crippen LogP contribution is -2.37. The Morgan fingerprint density at radius 1 is 1.18 bits per heavy atom. The van der Waals surface area contributed by atoms with E-state index in [0.29, 0.717) is 23.9 Å². The lowest BCUT2D eigenvalue weighted by molar-refractivity contribution is -0.114. The van der Waals surface area contributed by atoms with Crippen molar-refractivity contribution in [2.75, 3.05) is 31.8 Å². The second-order valence-electron chi connectivity index (χ2n) is 5.87. The molecule has 2 aromatic rings. The molecule has 0 saturated carbocycles. The average Bonchev–Trinajstić information content (AvgIpc) is 2.68. The Balaban J connectivity index is 1.81. The lowest BCUT2D eigenvalue weighted by atomic mass is 10.2. The van der Waals surface area contributed by atoms with Crippen LogP contribution in [0.5, 0.6) is 5.75 Å². The van der Waals surface area contributed by atoms with E-state index in [1.165, 1.54) is 11.8 Å². The third-order valence-corrected chi connectivity index (χ3v) is 5.00. The number of carbonyl (C=O) groups excluding carboxylic acids is 1. The van der Waals surface area contributed by atoms with Crippen LogP contribution >= 0.6 is 23.4 Å². The predicted molar refractivity (Wildman–Crippen MR) is 118 cm³/mol. The maximum Gasteiger partial charge on any atom is 0.221 e. The first-order valence-corrected chi connectivity index (χ1v) is 10.2. The number of hydrogen-bond donors (Lipinski definition) is 3. The van der Waals surface area contributed by atoms with E-state index in [0.717, 1.165) is 22.9 Å². The Morgan fingerprint density at radius 3 is 2.57 bits per heavy atom. The maximum atomic E-state index is 11.4. The summed E-state index contributed by atoms with van der Waals surface area (Å²) in [6.45, 7) is 2.81. The van der Waals surface area contributed by atoms with E-state index in [1.54, 1.807) is 25.9 Å². The minimum atomic E-state index is -0.140. The number of guanidine groups is 1. The fourth-order valence-electron chi connectivity index (χ4n) is 2.43. The molecule has 2 aromatic carbocycles. The number of ether oxygens (including phenoxy) is 1. The topological polar surface area (TPSA) is 74.8 Å². The van der Waals surface area contributed by atoms with E-state index in [4.69, 9.17) is 16.3 Å². The Hall–Kier alpha value is -2.38. The van der Waals surface area contributed by atoms with E-state index in [9.17, 15) is 4.79 Å². The van der Waals surface area contributed by atoms with E-state index >= 15 is 0 Å². The second-order valence-corrected chi connectivity index (χ2v) is 7.48. The van der Waals surface area contributed by atoms with Crippen molar-refractivity contribution in [2.24, 2.45) is 4.99 Å². The van der Waals surface area contributed by atoms with Crippen LogP contribution in [-0.4, -0.2) is 38.3 Å². The van der Waals surface area contributed by atoms with Crippen molar-refractivity contribution in [3.63, 3.8) is 0 Å². The highest BCUT2D eigenvalue weighted by Crippen LogP contribution is 2.25. The number of nitrogens with one attached hydrogen (secondary N) is 3. The third kappa shape index (κ3) is 7.32. The highest BCUT2D eigenvalue weighted by Gasteiger charge is 2.07. The quantitative estimate of drug-likeness (QED) is 0.262. The van der Waals surface area contributed by atoms with Crippen LogP contribution in [0.3, 0.4) is 0 Å². The summed E-state index contributed by atoms with van der Waals surface area (Å²) < 4.78 is 5.28. The van der Waals surface area contributed by atoms with Gasteiger partial charge in [0.15, 0.2) is 5.96 Å². The minimum absolute atomic E-state index is 0.140. The van der Waals surface area contributed by atoms with Crippen molar-refractivity contribution in [1.82, 2.24) is 10.6 Å². The van der Waals surface area contributed by atoms with Crippen molar-refractivity contribution < 1.29 is 9.53 Å². The predicted octanol–water partition coefficient (Wildman–Crippen LogP) is 3.76. The molecule has 28 heavy (non-hydrogen) atoms. The Kier molecular flexibility index (Phi) is 8.97. The summed E-state index contributed by atoms with van der Waals surface area (Å²) in [7, 11) is 3.31. The molecule has 0 aliphatic carbocycles. The van der Waals surface area contributed by atoms with Gasteiger partial charge in [-0.25, -0.2) is 0 Å². The number of methoxy groups -OCH3 is 1. The molecule has 0 heterocycles. The molecule has 8 heteroatoms. The summed E-state index contributed by atoms with van der Waals surface area (Å²) in [6.07, 6.45) is 0. The summed E-state index contributed by atoms with van der Waals surface area (Å²) in [5.41, 5.74) is 1.65. The minimum Gasteiger partial charge on any atom is -0.495 e. The van der Waals surface area contributed by atoms with Gasteiger partial charge in [-0.2, -0.15) is 0 Å². The van der Waals surface area contributed by atoms with Crippen LogP contribution in [0.1, 0.15) is 12.5 Å². The molecule has 1 amide bonds. The molecule has 0 aliphatic rings. The van der Waals surface area contributed by atoms with Gasteiger partial charge in [0.1, 0.15) is 5.75 Å². The highest BCUT2D eigenvalue weighted by atomic mass is 35.5. The zero-order valence-electron chi connectivity index (χ0n) is 16.2. The number of carbonyl (C=O) groups is 1. The van der Waals surface area contributed by atoms with Gasteiger partial charge >= 0.3 is 0 Å². The van der Waals surface area contributed by atoms with Crippen molar-refractivity contribution in [3.8, 4) is 5.75 Å². The summed E-state index contributed by atoms with van der Waals surface area (Å²) >= 11 is 7.65. The Labute approximate surface area is 175 Å². The van der Waals surface area contributed by atoms with Crippen molar-refractivity contribution in [3.05, 3.63) is 53.1 Å². The molecule has 0 atom stereocenters. The van der Waals surface area contributed by atoms with Crippen LogP contribution < -0.4 is 20.7 Å². The van der Waals surface area contributed by atoms with Crippen LogP contribution in [0, 0.1) is 0 Å². The first-order valence-electron chi connectivity index (χ1n) is 8.79. The average molecular weight is 421 g/mol. The molecule has 0 fully saturated rings. The van der Waals surface area contributed by atoms with Crippen LogP contribution in [0.25, 0.3) is 0 Å². The number of hydrogen-bond acceptors (Lipinski definition) is 4. The van der Waals surface area contributed by atoms with Gasteiger partial charge in [-0.1, -0.05) is 17.7 Å². The van der Waals surface area contributed by atoms with Gasteiger partial charge in [-0.15, -0.1) is 11.8 Å². The maximum absolute atomic E-state index is 11.4. The molecular formula is C20H25ClN4O2S. The first-order chi connectivity index (χ1) is 13.5. The molecule has 3 N–H and O–H groups in total. The van der Waals surface area contributed by atoms with E-state index in [1.807, 2.05) is 42.5 Å². The molecule has 150 valence electrons. The molecule has 0 unspecified atom stereocenters. The molecular weight excluding hydrogens is 396 g/mol. The fourth-order valence-corrected chi connectivity index (χ4v) is 3.32. The lowest BCUT2D eigenvalue weighted by Gasteiger charge is -2.14. The zero-order valence-corrected chi connectivity index (χ0v) is 17.8. The van der Waals surface area contributed by atoms with Crippen molar-refractivity contribution >= 4 is 40.9 Å². The van der Waals surface area contributed by atoms with E-state index < -0.39 is 0 Å². The number of thioether (sulfide) groups is 1. The SMILES string of the molecule is CN=C(NCCSc1ccc(Cl)cc1)NCc1ccc(OC)c(NC(C)=O)c1. The van der Waals surface area contributed by atoms with Gasteiger partial charge in [-0.3, -0.25) is 9.79 Å². The molecule has 0 aliphatic heterocycles. The first kappa shape index (κ1) is 21.9. The highest BCUT2D eigenvalue weighted by molar-refractivity contribution is 7.99. The van der Waals surface area contributed by atoms with Crippen LogP contribution in [0.4, 0.5) is 5.69 Å². The van der Waals surface area contributed by atoms with Crippen LogP contribution in [0.15, 0.2) is 52.4 Å². The van der Waals surface area contributed by atoms with Gasteiger partial charge < -0.3 is 20.7 Å². The van der Waals surface area contributed by atoms with Gasteiger partial charge in [0.25, 0.3) is 0 Å². The summed E-state index contributed by atoms with van der Waals surface area (Å²) in [6, 6.07) is 13.5. The normalized spacial score (nSPS) is 11.1. The summed E-state index contributed by atoms with van der Waals surface area (Å²) in [5.74, 6) is 2.10. The fraction of sp³-hybridized carbons (Fsp3) is 0.300. The number of amides is 1. The molecule has 0 spiro atoms. The molecule has 2 rings (SSSR count). The second kappa shape index (κ2) is 11.5. The Morgan fingerprint density at radius 2 is 1.93 bits per heavy atom. The Bertz CT molecular complexity index is 812. The molecule has 0 bridgehead atoms. The largest absolute Gasteiger partial charge is 0.495 e. The van der Waals surface area contributed by atoms with Crippen LogP contribution in [0.2, 0.25) is 5.02 Å². The number of anilines is 1. The van der Waals surface area contributed by atoms with Gasteiger partial charge in [0, 0.05) is 42.7 Å². The van der Waals surface area contributed by atoms with Gasteiger partial charge in [0.2, 0.25) is 5.91 Å². The molecule has 0 saturated heterocycles. The molecule has 6 nitrogen and oxygen atoms in total. The molecule has 0 radical (unpaired) electrons. The van der Waals surface area contributed by atoms with Crippen molar-refractivity contribution in [1.29, 1.82) is 0 Å². The third-order valence-electron chi connectivity index (χ3n) is 3.74. The number of rotatable bonds is 8. The zero-order chi connectivity index (χ0) is 20.4. The molecule has 0 aromatic heterocycles. The summed E-state index contributed by atoms with van der Waals surface area (Å²) in [5, 5.41) is 10.1. The smallest absolute Gasteiger partial charge is 0.221 e. The monoisotopic (exact) mass is 420 g/mol. The van der Waals surface area contributed by atoms with E-state index in [2.05, 4.69) is 20.9 Å². The summed E-state index contributed by atoms with van der Waals surface area (Å²) in [4.78, 5) is 16.8. The van der Waals surface area contributed by atoms with Gasteiger partial charge in [0.05, 0.1) is 12.8 Å². The number of aliphatic imine (C=N–C) groups is 1. The standard InChI is InChI=1S/C20H25ClN4O2S/c1-14(26)25-18-12-15(4-9-19(18)27-3)13-24-20(22-2)23-10-11-28-17-7-5-16(21)6-8-17/h4-9,12H,10-11,13H2,1-3H3,(H,25,26)(H2,22,23,24). The van der Waals surface area contributed by atoms with Crippen molar-refractivity contribution in [2.45, 2.75) is 18.4 Å². The number of benzene rings is 2. The van der Waals surface area contributed by atoms with Gasteiger partial charge in [-0.05, 0) is 42.0 Å². The van der Waals surface area contributed by atoms with E-state index in [-0.39, 0.29) is 5.91 Å². The number of halogens is 1.